The molecule has 0 spiro atoms. The molecule has 2 fully saturated rings. The van der Waals surface area contributed by atoms with E-state index in [1.165, 1.54) is 24.5 Å². The van der Waals surface area contributed by atoms with Crippen LogP contribution in [-0.4, -0.2) is 72.4 Å². The Morgan fingerprint density at radius 2 is 1.89 bits per heavy atom. The van der Waals surface area contributed by atoms with Gasteiger partial charge >= 0.3 is 0 Å². The maximum absolute atomic E-state index is 13.5. The van der Waals surface area contributed by atoms with Gasteiger partial charge < -0.3 is 29.6 Å². The molecule has 10 nitrogen and oxygen atoms in total. The van der Waals surface area contributed by atoms with E-state index in [-0.39, 0.29) is 30.5 Å². The zero-order chi connectivity index (χ0) is 31.2. The predicted molar refractivity (Wildman–Crippen MR) is 170 cm³/mol. The van der Waals surface area contributed by atoms with E-state index in [9.17, 15) is 9.18 Å². The highest BCUT2D eigenvalue weighted by Gasteiger charge is 2.35. The van der Waals surface area contributed by atoms with E-state index in [1.54, 1.807) is 42.5 Å². The topological polar surface area (TPSA) is 107 Å². The second-order valence-electron chi connectivity index (χ2n) is 10.6. The highest BCUT2D eigenvalue weighted by Crippen LogP contribution is 2.35. The summed E-state index contributed by atoms with van der Waals surface area (Å²) < 4.78 is 36.7. The molecule has 45 heavy (non-hydrogen) atoms. The number of benzene rings is 3. The van der Waals surface area contributed by atoms with Gasteiger partial charge in [-0.15, -0.1) is 0 Å². The van der Waals surface area contributed by atoms with E-state index < -0.39 is 0 Å². The molecule has 2 saturated heterocycles. The SMILES string of the molecule is CCOc1cc2ncnc(Nc3ccc(OCc4cccc(F)c4)c(Cl)c3)c2cc1NC(=O)C=CCN1CC2OCCOC2C1. The normalized spacial score (nSPS) is 18.2. The standard InChI is InChI=1S/C33H33ClFN5O5/c1-2-42-29-16-26-24(15-27(29)39-32(41)7-4-10-40-17-30-31(18-40)44-12-11-43-30)33(37-20-36-26)38-23-8-9-28(25(34)14-23)45-19-21-5-3-6-22(35)13-21/h3-9,13-16,20,30-31H,2,10-12,17-19H2,1H3,(H,39,41)(H,36,37,38). The Balaban J connectivity index is 1.14. The number of carbonyl (C=O) groups is 1. The molecule has 2 N–H and O–H groups in total. The van der Waals surface area contributed by atoms with Gasteiger partial charge in [0.25, 0.3) is 0 Å². The van der Waals surface area contributed by atoms with Crippen LogP contribution in [0.15, 0.2) is 73.1 Å². The lowest BCUT2D eigenvalue weighted by Crippen LogP contribution is -2.36. The number of amides is 1. The van der Waals surface area contributed by atoms with Crippen LogP contribution in [0.3, 0.4) is 0 Å². The van der Waals surface area contributed by atoms with Gasteiger partial charge in [0.05, 0.1) is 48.3 Å². The lowest BCUT2D eigenvalue weighted by Gasteiger charge is -2.24. The van der Waals surface area contributed by atoms with E-state index in [1.807, 2.05) is 13.0 Å². The smallest absolute Gasteiger partial charge is 0.248 e. The summed E-state index contributed by atoms with van der Waals surface area (Å²) in [5.74, 6) is 0.859. The summed E-state index contributed by atoms with van der Waals surface area (Å²) in [4.78, 5) is 24.0. The molecule has 2 aliphatic heterocycles. The number of rotatable bonds is 11. The van der Waals surface area contributed by atoms with Crippen molar-refractivity contribution in [1.29, 1.82) is 0 Å². The van der Waals surface area contributed by atoms with Crippen molar-refractivity contribution in [1.82, 2.24) is 14.9 Å². The second-order valence-corrected chi connectivity index (χ2v) is 11.0. The van der Waals surface area contributed by atoms with Crippen LogP contribution in [0, 0.1) is 5.82 Å². The molecular formula is C33H33ClFN5O5. The molecular weight excluding hydrogens is 601 g/mol. The highest BCUT2D eigenvalue weighted by atomic mass is 35.5. The highest BCUT2D eigenvalue weighted by molar-refractivity contribution is 6.32. The molecule has 0 saturated carbocycles. The van der Waals surface area contributed by atoms with Crippen molar-refractivity contribution in [2.45, 2.75) is 25.7 Å². The van der Waals surface area contributed by atoms with Crippen molar-refractivity contribution in [2.75, 3.05) is 50.1 Å². The molecule has 1 aromatic heterocycles. The van der Waals surface area contributed by atoms with Gasteiger partial charge in [-0.2, -0.15) is 0 Å². The number of carbonyl (C=O) groups excluding carboxylic acids is 1. The first kappa shape index (κ1) is 30.7. The van der Waals surface area contributed by atoms with Crippen LogP contribution >= 0.6 is 11.6 Å². The van der Waals surface area contributed by atoms with Gasteiger partial charge in [-0.1, -0.05) is 29.8 Å². The summed E-state index contributed by atoms with van der Waals surface area (Å²) in [6.07, 6.45) is 4.98. The lowest BCUT2D eigenvalue weighted by atomic mass is 10.1. The number of nitrogens with one attached hydrogen (secondary N) is 2. The summed E-state index contributed by atoms with van der Waals surface area (Å²) in [6, 6.07) is 15.0. The number of hydrogen-bond acceptors (Lipinski definition) is 9. The van der Waals surface area contributed by atoms with Crippen LogP contribution in [0.25, 0.3) is 10.9 Å². The quantitative estimate of drug-likeness (QED) is 0.200. The number of hydrogen-bond donors (Lipinski definition) is 2. The van der Waals surface area contributed by atoms with Crippen molar-refractivity contribution < 1.29 is 28.1 Å². The largest absolute Gasteiger partial charge is 0.492 e. The fourth-order valence-corrected chi connectivity index (χ4v) is 5.58. The summed E-state index contributed by atoms with van der Waals surface area (Å²) >= 11 is 6.51. The number of aromatic nitrogens is 2. The molecule has 3 aromatic carbocycles. The summed E-state index contributed by atoms with van der Waals surface area (Å²) in [7, 11) is 0. The minimum Gasteiger partial charge on any atom is -0.492 e. The van der Waals surface area contributed by atoms with Crippen LogP contribution in [0.5, 0.6) is 11.5 Å². The number of nitrogens with zero attached hydrogens (tertiary/aromatic N) is 3. The van der Waals surface area contributed by atoms with E-state index in [4.69, 9.17) is 30.5 Å². The van der Waals surface area contributed by atoms with Crippen LogP contribution in [0.1, 0.15) is 12.5 Å². The van der Waals surface area contributed by atoms with E-state index in [0.717, 1.165) is 13.1 Å². The number of ether oxygens (including phenoxy) is 4. The zero-order valence-electron chi connectivity index (χ0n) is 24.7. The van der Waals surface area contributed by atoms with Crippen LogP contribution < -0.4 is 20.1 Å². The van der Waals surface area contributed by atoms with Gasteiger partial charge in [0.2, 0.25) is 5.91 Å². The maximum atomic E-state index is 13.5. The van der Waals surface area contributed by atoms with Gasteiger partial charge in [-0.3, -0.25) is 9.69 Å². The molecule has 0 bridgehead atoms. The third-order valence-corrected chi connectivity index (χ3v) is 7.74. The third kappa shape index (κ3) is 7.69. The zero-order valence-corrected chi connectivity index (χ0v) is 25.4. The Labute approximate surface area is 265 Å². The van der Waals surface area contributed by atoms with Gasteiger partial charge in [-0.05, 0) is 48.9 Å². The van der Waals surface area contributed by atoms with Gasteiger partial charge in [0.15, 0.2) is 0 Å². The minimum atomic E-state index is -0.326. The molecule has 234 valence electrons. The third-order valence-electron chi connectivity index (χ3n) is 7.44. The molecule has 1 amide bonds. The average molecular weight is 634 g/mol. The first-order valence-electron chi connectivity index (χ1n) is 14.7. The summed E-state index contributed by atoms with van der Waals surface area (Å²) in [6.45, 7) is 5.88. The molecule has 2 atom stereocenters. The number of halogens is 2. The lowest BCUT2D eigenvalue weighted by molar-refractivity contribution is -0.116. The van der Waals surface area contributed by atoms with E-state index in [2.05, 4.69) is 25.5 Å². The molecule has 3 heterocycles. The Morgan fingerprint density at radius 3 is 2.64 bits per heavy atom. The first-order valence-corrected chi connectivity index (χ1v) is 15.1. The Bertz CT molecular complexity index is 1690. The van der Waals surface area contributed by atoms with Crippen molar-refractivity contribution >= 4 is 45.6 Å². The van der Waals surface area contributed by atoms with E-state index in [0.29, 0.717) is 76.5 Å². The average Bonchev–Trinajstić information content (AvgIpc) is 3.44. The molecule has 4 aromatic rings. The van der Waals surface area contributed by atoms with Crippen LogP contribution in [0.4, 0.5) is 21.6 Å². The predicted octanol–water partition coefficient (Wildman–Crippen LogP) is 5.74. The van der Waals surface area contributed by atoms with Crippen LogP contribution in [-0.2, 0) is 20.9 Å². The molecule has 6 rings (SSSR count). The number of fused-ring (bicyclic) bond motifs is 2. The maximum Gasteiger partial charge on any atom is 0.248 e. The second kappa shape index (κ2) is 14.2. The summed E-state index contributed by atoms with van der Waals surface area (Å²) in [5.41, 5.74) is 2.48. The fourth-order valence-electron chi connectivity index (χ4n) is 5.35. The van der Waals surface area contributed by atoms with E-state index >= 15 is 0 Å². The van der Waals surface area contributed by atoms with Crippen molar-refractivity contribution in [3.05, 3.63) is 89.5 Å². The fraction of sp³-hybridized carbons (Fsp3) is 0.303. The molecule has 0 aliphatic carbocycles. The Morgan fingerprint density at radius 1 is 1.07 bits per heavy atom. The molecule has 12 heteroatoms. The number of likely N-dealkylation sites (tertiary alicyclic amines) is 1. The Hall–Kier alpha value is -4.29. The number of anilines is 3. The van der Waals surface area contributed by atoms with Crippen molar-refractivity contribution in [3.63, 3.8) is 0 Å². The van der Waals surface area contributed by atoms with Crippen LogP contribution in [0.2, 0.25) is 5.02 Å². The molecule has 2 aliphatic rings. The first-order chi connectivity index (χ1) is 21.9. The van der Waals surface area contributed by atoms with Gasteiger partial charge in [-0.25, -0.2) is 14.4 Å². The minimum absolute atomic E-state index is 0.0893. The Kier molecular flexibility index (Phi) is 9.70. The monoisotopic (exact) mass is 633 g/mol. The van der Waals surface area contributed by atoms with Crippen molar-refractivity contribution in [3.8, 4) is 11.5 Å². The molecule has 0 radical (unpaired) electrons. The summed E-state index contributed by atoms with van der Waals surface area (Å²) in [5, 5.41) is 7.26. The van der Waals surface area contributed by atoms with Gasteiger partial charge in [0.1, 0.15) is 36.1 Å². The molecule has 2 unspecified atom stereocenters. The van der Waals surface area contributed by atoms with Gasteiger partial charge in [0, 0.05) is 42.9 Å². The van der Waals surface area contributed by atoms with Crippen molar-refractivity contribution in [2.24, 2.45) is 0 Å².